The molecule has 0 aliphatic heterocycles. The monoisotopic (exact) mass is 458 g/mol. The molecule has 2 N–H and O–H groups in total. The summed E-state index contributed by atoms with van der Waals surface area (Å²) in [4.78, 5) is 17.8. The first-order valence-corrected chi connectivity index (χ1v) is 8.85. The molecule has 0 saturated heterocycles. The largest absolute Gasteiger partial charge is 0.356 e. The number of aliphatic imine (C=N–C) groups is 1. The van der Waals surface area contributed by atoms with Gasteiger partial charge in [0.25, 0.3) is 0 Å². The van der Waals surface area contributed by atoms with Crippen LogP contribution in [0.2, 0.25) is 0 Å². The second-order valence-corrected chi connectivity index (χ2v) is 6.73. The van der Waals surface area contributed by atoms with Crippen molar-refractivity contribution in [3.8, 4) is 0 Å². The number of carbonyl (C=O) groups is 1. The fraction of sp³-hybridized carbons (Fsp3) is 0.579. The standard InChI is InChI=1S/C19H30N4O.HI/c1-4-13-20-18(21-14-17(24)23(2)3)22-15-19(11-8-12-19)16-9-6-5-7-10-16;/h5-7,9-10H,4,8,11-15H2,1-3H3,(H2,20,21,22);1H. The molecule has 0 radical (unpaired) electrons. The van der Waals surface area contributed by atoms with Crippen LogP contribution < -0.4 is 10.6 Å². The second kappa shape index (κ2) is 10.6. The Kier molecular flexibility index (Phi) is 9.24. The van der Waals surface area contributed by atoms with E-state index in [9.17, 15) is 4.79 Å². The first kappa shape index (κ1) is 21.7. The lowest BCUT2D eigenvalue weighted by molar-refractivity contribution is -0.127. The van der Waals surface area contributed by atoms with Crippen LogP contribution in [-0.2, 0) is 10.2 Å². The molecule has 0 atom stereocenters. The number of hydrogen-bond acceptors (Lipinski definition) is 2. The fourth-order valence-corrected chi connectivity index (χ4v) is 2.92. The van der Waals surface area contributed by atoms with Gasteiger partial charge in [-0.2, -0.15) is 0 Å². The lowest BCUT2D eigenvalue weighted by atomic mass is 9.64. The molecule has 0 spiro atoms. The van der Waals surface area contributed by atoms with E-state index >= 15 is 0 Å². The third kappa shape index (κ3) is 6.17. The van der Waals surface area contributed by atoms with Crippen molar-refractivity contribution in [2.75, 3.05) is 33.7 Å². The average Bonchev–Trinajstić information content (AvgIpc) is 2.56. The van der Waals surface area contributed by atoms with Crippen molar-refractivity contribution >= 4 is 35.8 Å². The van der Waals surface area contributed by atoms with E-state index < -0.39 is 0 Å². The molecule has 1 saturated carbocycles. The Morgan fingerprint density at radius 2 is 1.88 bits per heavy atom. The van der Waals surface area contributed by atoms with E-state index in [4.69, 9.17) is 0 Å². The quantitative estimate of drug-likeness (QED) is 0.376. The first-order valence-electron chi connectivity index (χ1n) is 8.85. The molecular formula is C19H31IN4O. The van der Waals surface area contributed by atoms with E-state index in [2.05, 4.69) is 52.9 Å². The van der Waals surface area contributed by atoms with Gasteiger partial charge in [0.05, 0.1) is 0 Å². The minimum atomic E-state index is 0. The maximum absolute atomic E-state index is 11.8. The summed E-state index contributed by atoms with van der Waals surface area (Å²) >= 11 is 0. The number of rotatable bonds is 7. The van der Waals surface area contributed by atoms with Crippen LogP contribution >= 0.6 is 24.0 Å². The maximum Gasteiger partial charge on any atom is 0.243 e. The highest BCUT2D eigenvalue weighted by Crippen LogP contribution is 2.43. The highest BCUT2D eigenvalue weighted by molar-refractivity contribution is 14.0. The van der Waals surface area contributed by atoms with Gasteiger partial charge in [-0.15, -0.1) is 24.0 Å². The van der Waals surface area contributed by atoms with Crippen molar-refractivity contribution in [3.05, 3.63) is 35.9 Å². The molecule has 25 heavy (non-hydrogen) atoms. The van der Waals surface area contributed by atoms with Gasteiger partial charge in [-0.1, -0.05) is 43.7 Å². The molecule has 1 aliphatic rings. The summed E-state index contributed by atoms with van der Waals surface area (Å²) in [6, 6.07) is 10.7. The zero-order chi connectivity index (χ0) is 17.4. The third-order valence-electron chi connectivity index (χ3n) is 4.70. The Labute approximate surface area is 168 Å². The van der Waals surface area contributed by atoms with E-state index in [1.807, 2.05) is 0 Å². The summed E-state index contributed by atoms with van der Waals surface area (Å²) in [6.45, 7) is 3.99. The number of benzene rings is 1. The van der Waals surface area contributed by atoms with E-state index in [-0.39, 0.29) is 41.8 Å². The molecule has 6 heteroatoms. The van der Waals surface area contributed by atoms with Gasteiger partial charge in [0.15, 0.2) is 5.96 Å². The molecule has 1 aromatic rings. The SMILES string of the molecule is CCCNC(=NCC(=O)N(C)C)NCC1(c2ccccc2)CCC1.I. The number of hydrogen-bond donors (Lipinski definition) is 2. The summed E-state index contributed by atoms with van der Waals surface area (Å²) in [6.07, 6.45) is 4.68. The van der Waals surface area contributed by atoms with E-state index in [0.29, 0.717) is 0 Å². The number of nitrogens with zero attached hydrogens (tertiary/aromatic N) is 2. The molecule has 1 amide bonds. The number of nitrogens with one attached hydrogen (secondary N) is 2. The normalized spacial score (nSPS) is 15.6. The van der Waals surface area contributed by atoms with Crippen molar-refractivity contribution in [2.24, 2.45) is 4.99 Å². The van der Waals surface area contributed by atoms with Crippen LogP contribution in [0.15, 0.2) is 35.3 Å². The van der Waals surface area contributed by atoms with Gasteiger partial charge in [-0.05, 0) is 24.8 Å². The summed E-state index contributed by atoms with van der Waals surface area (Å²) in [5.41, 5.74) is 1.59. The molecule has 0 bridgehead atoms. The topological polar surface area (TPSA) is 56.7 Å². The summed E-state index contributed by atoms with van der Waals surface area (Å²) < 4.78 is 0. The average molecular weight is 458 g/mol. The number of carbonyl (C=O) groups excluding carboxylic acids is 1. The number of amides is 1. The smallest absolute Gasteiger partial charge is 0.243 e. The van der Waals surface area contributed by atoms with Gasteiger partial charge in [-0.25, -0.2) is 4.99 Å². The van der Waals surface area contributed by atoms with Crippen LogP contribution in [0.3, 0.4) is 0 Å². The van der Waals surface area contributed by atoms with Crippen LogP contribution in [0, 0.1) is 0 Å². The minimum absolute atomic E-state index is 0. The van der Waals surface area contributed by atoms with Crippen molar-refractivity contribution in [3.63, 3.8) is 0 Å². The van der Waals surface area contributed by atoms with Gasteiger partial charge in [-0.3, -0.25) is 4.79 Å². The molecule has 5 nitrogen and oxygen atoms in total. The predicted molar refractivity (Wildman–Crippen MR) is 115 cm³/mol. The van der Waals surface area contributed by atoms with Gasteiger partial charge in [0.1, 0.15) is 6.54 Å². The van der Waals surface area contributed by atoms with Gasteiger partial charge in [0.2, 0.25) is 5.91 Å². The first-order chi connectivity index (χ1) is 11.6. The van der Waals surface area contributed by atoms with Crippen molar-refractivity contribution in [1.29, 1.82) is 0 Å². The second-order valence-electron chi connectivity index (χ2n) is 6.73. The van der Waals surface area contributed by atoms with E-state index in [0.717, 1.165) is 25.5 Å². The molecule has 0 heterocycles. The Bertz CT molecular complexity index is 556. The Morgan fingerprint density at radius 3 is 2.40 bits per heavy atom. The van der Waals surface area contributed by atoms with Crippen molar-refractivity contribution < 1.29 is 4.79 Å². The highest BCUT2D eigenvalue weighted by Gasteiger charge is 2.38. The number of likely N-dealkylation sites (N-methyl/N-ethyl adjacent to an activating group) is 1. The predicted octanol–water partition coefficient (Wildman–Crippen LogP) is 2.76. The summed E-state index contributed by atoms with van der Waals surface area (Å²) in [5, 5.41) is 6.76. The van der Waals surface area contributed by atoms with Crippen LogP contribution in [0.1, 0.15) is 38.2 Å². The molecule has 0 unspecified atom stereocenters. The fourth-order valence-electron chi connectivity index (χ4n) is 2.92. The van der Waals surface area contributed by atoms with E-state index in [1.54, 1.807) is 19.0 Å². The lowest BCUT2D eigenvalue weighted by Gasteiger charge is -2.43. The lowest BCUT2D eigenvalue weighted by Crippen LogP contribution is -2.49. The van der Waals surface area contributed by atoms with Gasteiger partial charge >= 0.3 is 0 Å². The highest BCUT2D eigenvalue weighted by atomic mass is 127. The molecule has 2 rings (SSSR count). The molecule has 1 aromatic carbocycles. The van der Waals surface area contributed by atoms with Crippen LogP contribution in [0.5, 0.6) is 0 Å². The maximum atomic E-state index is 11.8. The molecule has 140 valence electrons. The van der Waals surface area contributed by atoms with Gasteiger partial charge in [0, 0.05) is 32.6 Å². The zero-order valence-corrected chi connectivity index (χ0v) is 17.9. The molecule has 1 fully saturated rings. The van der Waals surface area contributed by atoms with Crippen molar-refractivity contribution in [1.82, 2.24) is 15.5 Å². The molecular weight excluding hydrogens is 427 g/mol. The summed E-state index contributed by atoms with van der Waals surface area (Å²) in [5.74, 6) is 0.739. The molecule has 0 aromatic heterocycles. The Morgan fingerprint density at radius 1 is 1.20 bits per heavy atom. The number of guanidine groups is 1. The zero-order valence-electron chi connectivity index (χ0n) is 15.5. The van der Waals surface area contributed by atoms with Gasteiger partial charge < -0.3 is 15.5 Å². The molecule has 1 aliphatic carbocycles. The third-order valence-corrected chi connectivity index (χ3v) is 4.70. The minimum Gasteiger partial charge on any atom is -0.356 e. The Hall–Kier alpha value is -1.31. The Balaban J connectivity index is 0.00000312. The van der Waals surface area contributed by atoms with E-state index in [1.165, 1.54) is 24.8 Å². The van der Waals surface area contributed by atoms with Crippen LogP contribution in [0.25, 0.3) is 0 Å². The number of halogens is 1. The van der Waals surface area contributed by atoms with Crippen LogP contribution in [0.4, 0.5) is 0 Å². The van der Waals surface area contributed by atoms with Crippen LogP contribution in [-0.4, -0.2) is 50.5 Å². The van der Waals surface area contributed by atoms with Crippen molar-refractivity contribution in [2.45, 2.75) is 38.0 Å². The summed E-state index contributed by atoms with van der Waals surface area (Å²) in [7, 11) is 3.51.